The van der Waals surface area contributed by atoms with Gasteiger partial charge in [-0.3, -0.25) is 4.79 Å². The molecule has 3 atom stereocenters. The molecule has 1 heterocycles. The number of amides is 1. The number of rotatable bonds is 3. The van der Waals surface area contributed by atoms with Gasteiger partial charge in [-0.25, -0.2) is 0 Å². The maximum absolute atomic E-state index is 12.4. The lowest BCUT2D eigenvalue weighted by molar-refractivity contribution is -0.131. The Morgan fingerprint density at radius 1 is 1.37 bits per heavy atom. The van der Waals surface area contributed by atoms with Crippen LogP contribution in [0.2, 0.25) is 0 Å². The first-order chi connectivity index (χ1) is 9.19. The van der Waals surface area contributed by atoms with Crippen LogP contribution in [0.1, 0.15) is 24.3 Å². The first-order valence-corrected chi connectivity index (χ1v) is 7.72. The third kappa shape index (κ3) is 2.70. The third-order valence-electron chi connectivity index (χ3n) is 4.34. The molecule has 1 aromatic rings. The molecule has 19 heavy (non-hydrogen) atoms. The van der Waals surface area contributed by atoms with E-state index in [-0.39, 0.29) is 5.92 Å². The third-order valence-corrected chi connectivity index (χ3v) is 4.87. The van der Waals surface area contributed by atoms with E-state index in [0.717, 1.165) is 30.4 Å². The Hall–Kier alpha value is -0.870. The van der Waals surface area contributed by atoms with Gasteiger partial charge in [-0.05, 0) is 48.9 Å². The van der Waals surface area contributed by atoms with Crippen molar-refractivity contribution in [3.8, 4) is 0 Å². The van der Waals surface area contributed by atoms with E-state index in [1.54, 1.807) is 0 Å². The predicted octanol–water partition coefficient (Wildman–Crippen LogP) is 2.36. The van der Waals surface area contributed by atoms with Crippen molar-refractivity contribution < 1.29 is 4.79 Å². The summed E-state index contributed by atoms with van der Waals surface area (Å²) in [5.74, 6) is 1.48. The number of carbonyl (C=O) groups is 1. The molecule has 1 saturated carbocycles. The van der Waals surface area contributed by atoms with E-state index in [2.05, 4.69) is 40.2 Å². The average Bonchev–Trinajstić information content (AvgIpc) is 3.07. The fourth-order valence-electron chi connectivity index (χ4n) is 3.01. The van der Waals surface area contributed by atoms with Gasteiger partial charge in [0, 0.05) is 23.5 Å². The second-order valence-corrected chi connectivity index (χ2v) is 6.59. The molecule has 0 radical (unpaired) electrons. The van der Waals surface area contributed by atoms with Crippen molar-refractivity contribution in [2.24, 2.45) is 17.6 Å². The van der Waals surface area contributed by atoms with Gasteiger partial charge in [0.15, 0.2) is 0 Å². The predicted molar refractivity (Wildman–Crippen MR) is 78.7 cm³/mol. The monoisotopic (exact) mass is 322 g/mol. The van der Waals surface area contributed by atoms with E-state index in [4.69, 9.17) is 5.73 Å². The molecule has 102 valence electrons. The highest BCUT2D eigenvalue weighted by Crippen LogP contribution is 2.49. The summed E-state index contributed by atoms with van der Waals surface area (Å²) in [6.45, 7) is 2.45. The highest BCUT2D eigenvalue weighted by molar-refractivity contribution is 9.10. The van der Waals surface area contributed by atoms with Gasteiger partial charge in [-0.2, -0.15) is 0 Å². The molecule has 0 bridgehead atoms. The number of benzene rings is 1. The van der Waals surface area contributed by atoms with Gasteiger partial charge >= 0.3 is 0 Å². The number of likely N-dealkylation sites (tertiary alicyclic amines) is 1. The minimum atomic E-state index is 0.206. The Labute approximate surface area is 122 Å². The summed E-state index contributed by atoms with van der Waals surface area (Å²) < 4.78 is 1.09. The fourth-order valence-corrected chi connectivity index (χ4v) is 3.27. The normalized spacial score (nSPS) is 29.6. The Bertz CT molecular complexity index is 474. The molecule has 1 aliphatic heterocycles. The lowest BCUT2D eigenvalue weighted by Gasteiger charge is -2.16. The molecular formula is C15H19BrN2O. The van der Waals surface area contributed by atoms with Crippen molar-refractivity contribution >= 4 is 21.8 Å². The van der Waals surface area contributed by atoms with Gasteiger partial charge in [0.1, 0.15) is 0 Å². The maximum Gasteiger partial charge on any atom is 0.226 e. The maximum atomic E-state index is 12.4. The van der Waals surface area contributed by atoms with Gasteiger partial charge in [0.2, 0.25) is 5.91 Å². The molecule has 1 saturated heterocycles. The van der Waals surface area contributed by atoms with Crippen LogP contribution in [-0.2, 0) is 4.79 Å². The van der Waals surface area contributed by atoms with E-state index in [0.29, 0.717) is 24.3 Å². The number of carbonyl (C=O) groups excluding carboxylic acids is 1. The second kappa shape index (κ2) is 5.25. The van der Waals surface area contributed by atoms with E-state index in [9.17, 15) is 4.79 Å². The van der Waals surface area contributed by atoms with Crippen LogP contribution in [0.25, 0.3) is 0 Å². The summed E-state index contributed by atoms with van der Waals surface area (Å²) in [5, 5.41) is 0. The molecule has 2 fully saturated rings. The summed E-state index contributed by atoms with van der Waals surface area (Å²) in [4.78, 5) is 14.4. The van der Waals surface area contributed by atoms with E-state index < -0.39 is 0 Å². The highest BCUT2D eigenvalue weighted by Gasteiger charge is 2.46. The van der Waals surface area contributed by atoms with Gasteiger partial charge in [-0.15, -0.1) is 0 Å². The minimum absolute atomic E-state index is 0.206. The van der Waals surface area contributed by atoms with Gasteiger partial charge in [0.25, 0.3) is 0 Å². The van der Waals surface area contributed by atoms with E-state index in [1.807, 2.05) is 4.90 Å². The lowest BCUT2D eigenvalue weighted by atomic mass is 10.1. The molecule has 1 aliphatic carbocycles. The summed E-state index contributed by atoms with van der Waals surface area (Å²) in [6.07, 6.45) is 2.07. The number of nitrogens with two attached hydrogens (primary N) is 1. The first kappa shape index (κ1) is 13.1. The zero-order valence-electron chi connectivity index (χ0n) is 10.9. The fraction of sp³-hybridized carbons (Fsp3) is 0.533. The van der Waals surface area contributed by atoms with Crippen LogP contribution in [0, 0.1) is 11.8 Å². The lowest BCUT2D eigenvalue weighted by Crippen LogP contribution is -2.31. The van der Waals surface area contributed by atoms with Crippen LogP contribution < -0.4 is 5.73 Å². The molecule has 3 rings (SSSR count). The van der Waals surface area contributed by atoms with Crippen molar-refractivity contribution in [1.29, 1.82) is 0 Å². The van der Waals surface area contributed by atoms with Gasteiger partial charge < -0.3 is 10.6 Å². The summed E-state index contributed by atoms with van der Waals surface area (Å²) in [5.41, 5.74) is 6.97. The number of nitrogens with zero attached hydrogens (tertiary/aromatic N) is 1. The van der Waals surface area contributed by atoms with Crippen LogP contribution in [-0.4, -0.2) is 30.4 Å². The number of halogens is 1. The molecule has 0 aromatic heterocycles. The standard InChI is InChI=1S/C15H19BrN2O/c16-12-3-1-11(2-4-12)13-7-14(13)15(19)18-6-5-10(8-17)9-18/h1-4,10,13-14H,5-9,17H2. The van der Waals surface area contributed by atoms with Crippen LogP contribution in [0.15, 0.2) is 28.7 Å². The summed E-state index contributed by atoms with van der Waals surface area (Å²) >= 11 is 3.44. The number of hydrogen-bond donors (Lipinski definition) is 1. The highest BCUT2D eigenvalue weighted by atomic mass is 79.9. The van der Waals surface area contributed by atoms with Crippen LogP contribution >= 0.6 is 15.9 Å². The Morgan fingerprint density at radius 2 is 2.11 bits per heavy atom. The molecule has 2 N–H and O–H groups in total. The van der Waals surface area contributed by atoms with Gasteiger partial charge in [0.05, 0.1) is 0 Å². The molecule has 0 spiro atoms. The largest absolute Gasteiger partial charge is 0.342 e. The molecule has 4 heteroatoms. The van der Waals surface area contributed by atoms with Crippen molar-refractivity contribution in [3.63, 3.8) is 0 Å². The molecule has 3 unspecified atom stereocenters. The van der Waals surface area contributed by atoms with Crippen molar-refractivity contribution in [2.75, 3.05) is 19.6 Å². The van der Waals surface area contributed by atoms with Crippen molar-refractivity contribution in [2.45, 2.75) is 18.8 Å². The Balaban J connectivity index is 1.60. The SMILES string of the molecule is NCC1CCN(C(=O)C2CC2c2ccc(Br)cc2)C1. The summed E-state index contributed by atoms with van der Waals surface area (Å²) in [6, 6.07) is 8.34. The molecule has 1 amide bonds. The topological polar surface area (TPSA) is 46.3 Å². The molecular weight excluding hydrogens is 304 g/mol. The van der Waals surface area contributed by atoms with E-state index in [1.165, 1.54) is 5.56 Å². The quantitative estimate of drug-likeness (QED) is 0.928. The van der Waals surface area contributed by atoms with Crippen LogP contribution in [0.3, 0.4) is 0 Å². The number of hydrogen-bond acceptors (Lipinski definition) is 2. The summed E-state index contributed by atoms with van der Waals surface area (Å²) in [7, 11) is 0. The van der Waals surface area contributed by atoms with Crippen molar-refractivity contribution in [1.82, 2.24) is 4.90 Å². The zero-order chi connectivity index (χ0) is 13.4. The van der Waals surface area contributed by atoms with Crippen LogP contribution in [0.5, 0.6) is 0 Å². The minimum Gasteiger partial charge on any atom is -0.342 e. The van der Waals surface area contributed by atoms with Gasteiger partial charge in [-0.1, -0.05) is 28.1 Å². The Morgan fingerprint density at radius 3 is 2.74 bits per heavy atom. The Kier molecular flexibility index (Phi) is 3.63. The molecule has 2 aliphatic rings. The van der Waals surface area contributed by atoms with Crippen LogP contribution in [0.4, 0.5) is 0 Å². The molecule has 1 aromatic carbocycles. The van der Waals surface area contributed by atoms with E-state index >= 15 is 0 Å². The van der Waals surface area contributed by atoms with Crippen molar-refractivity contribution in [3.05, 3.63) is 34.3 Å². The zero-order valence-corrected chi connectivity index (χ0v) is 12.5. The second-order valence-electron chi connectivity index (χ2n) is 5.67. The molecule has 3 nitrogen and oxygen atoms in total. The first-order valence-electron chi connectivity index (χ1n) is 6.93. The smallest absolute Gasteiger partial charge is 0.226 e. The average molecular weight is 323 g/mol.